The molecule has 12 heteroatoms. The van der Waals surface area contributed by atoms with Gasteiger partial charge in [-0.3, -0.25) is 4.79 Å². The number of nitrogens with two attached hydrogens (primary N) is 1. The number of ether oxygens (including phenoxy) is 2. The van der Waals surface area contributed by atoms with E-state index in [4.69, 9.17) is 20.5 Å². The van der Waals surface area contributed by atoms with Crippen LogP contribution in [-0.4, -0.2) is 46.2 Å². The second-order valence-corrected chi connectivity index (χ2v) is 8.50. The van der Waals surface area contributed by atoms with E-state index < -0.39 is 36.2 Å². The summed E-state index contributed by atoms with van der Waals surface area (Å²) in [5.74, 6) is -1.41. The third kappa shape index (κ3) is 6.81. The lowest BCUT2D eigenvalue weighted by Gasteiger charge is -2.22. The summed E-state index contributed by atoms with van der Waals surface area (Å²) in [6, 6.07) is 0.613. The molecule has 2 rings (SSSR count). The van der Waals surface area contributed by atoms with Crippen molar-refractivity contribution >= 4 is 40.6 Å². The average molecular weight is 438 g/mol. The van der Waals surface area contributed by atoms with Gasteiger partial charge >= 0.3 is 12.1 Å². The second-order valence-electron chi connectivity index (χ2n) is 6.70. The van der Waals surface area contributed by atoms with Crippen molar-refractivity contribution in [2.75, 3.05) is 6.61 Å². The molecule has 0 aromatic carbocycles. The summed E-state index contributed by atoms with van der Waals surface area (Å²) in [6.07, 6.45) is -0.762. The van der Waals surface area contributed by atoms with Crippen LogP contribution in [0.4, 0.5) is 4.79 Å². The summed E-state index contributed by atoms with van der Waals surface area (Å²) in [6.45, 7) is 4.63. The standard InChI is InChI=1S/C17H19N5O5S2/c1-17(2,3)27-16(25)22-9(15(24)26-5-4-18)6-12-20-11(8-28-12)14-21-10(7-29-14)13(19)23/h7-9H,5-6H2,1-3H3,(H2,19,23)(H,22,25). The molecule has 3 N–H and O–H groups in total. The van der Waals surface area contributed by atoms with Crippen LogP contribution in [0.25, 0.3) is 10.7 Å². The molecule has 2 amide bonds. The van der Waals surface area contributed by atoms with Gasteiger partial charge in [0.1, 0.15) is 34.1 Å². The third-order valence-corrected chi connectivity index (χ3v) is 4.90. The number of primary amides is 1. The van der Waals surface area contributed by atoms with E-state index in [2.05, 4.69) is 15.3 Å². The van der Waals surface area contributed by atoms with Gasteiger partial charge in [-0.25, -0.2) is 19.6 Å². The summed E-state index contributed by atoms with van der Waals surface area (Å²) in [5.41, 5.74) is 5.11. The molecule has 0 aliphatic heterocycles. The van der Waals surface area contributed by atoms with Crippen molar-refractivity contribution < 1.29 is 23.9 Å². The van der Waals surface area contributed by atoms with Crippen molar-refractivity contribution in [2.24, 2.45) is 5.73 Å². The molecular formula is C17H19N5O5S2. The number of nitrogens with zero attached hydrogens (tertiary/aromatic N) is 3. The van der Waals surface area contributed by atoms with Crippen LogP contribution in [0.15, 0.2) is 10.8 Å². The molecule has 0 fully saturated rings. The zero-order valence-corrected chi connectivity index (χ0v) is 17.6. The molecule has 0 bridgehead atoms. The number of nitrogens with one attached hydrogen (secondary N) is 1. The smallest absolute Gasteiger partial charge is 0.408 e. The highest BCUT2D eigenvalue weighted by Crippen LogP contribution is 2.26. The molecule has 154 valence electrons. The van der Waals surface area contributed by atoms with Gasteiger partial charge in [-0.1, -0.05) is 0 Å². The lowest BCUT2D eigenvalue weighted by molar-refractivity contribution is -0.144. The van der Waals surface area contributed by atoms with E-state index in [0.717, 1.165) is 0 Å². The number of rotatable bonds is 7. The quantitative estimate of drug-likeness (QED) is 0.621. The Morgan fingerprint density at radius 2 is 2.00 bits per heavy atom. The molecule has 1 atom stereocenters. The molecular weight excluding hydrogens is 418 g/mol. The molecule has 0 spiro atoms. The molecule has 2 heterocycles. The minimum absolute atomic E-state index is 0.0300. The van der Waals surface area contributed by atoms with Gasteiger partial charge in [-0.15, -0.1) is 22.7 Å². The molecule has 2 aromatic heterocycles. The van der Waals surface area contributed by atoms with Crippen molar-refractivity contribution in [3.05, 3.63) is 21.5 Å². The Bertz CT molecular complexity index is 941. The fourth-order valence-corrected chi connectivity index (χ4v) is 3.70. The monoisotopic (exact) mass is 437 g/mol. The van der Waals surface area contributed by atoms with Crippen LogP contribution < -0.4 is 11.1 Å². The Labute approximate surface area is 174 Å². The van der Waals surface area contributed by atoms with Crippen LogP contribution in [0, 0.1) is 11.3 Å². The Balaban J connectivity index is 2.14. The maximum absolute atomic E-state index is 12.2. The number of amides is 2. The first-order valence-corrected chi connectivity index (χ1v) is 10.1. The first-order chi connectivity index (χ1) is 13.6. The van der Waals surface area contributed by atoms with Crippen molar-refractivity contribution in [1.82, 2.24) is 15.3 Å². The highest BCUT2D eigenvalue weighted by molar-refractivity contribution is 7.14. The number of esters is 1. The van der Waals surface area contributed by atoms with E-state index in [1.165, 1.54) is 28.1 Å². The molecule has 0 saturated heterocycles. The first-order valence-electron chi connectivity index (χ1n) is 8.32. The van der Waals surface area contributed by atoms with Crippen LogP contribution in [0.1, 0.15) is 36.3 Å². The summed E-state index contributed by atoms with van der Waals surface area (Å²) < 4.78 is 9.99. The second kappa shape index (κ2) is 9.44. The van der Waals surface area contributed by atoms with Gasteiger partial charge in [0.2, 0.25) is 0 Å². The number of hydrogen-bond donors (Lipinski definition) is 2. The van der Waals surface area contributed by atoms with Gasteiger partial charge in [0, 0.05) is 17.2 Å². The Morgan fingerprint density at radius 3 is 2.59 bits per heavy atom. The van der Waals surface area contributed by atoms with E-state index in [1.807, 2.05) is 0 Å². The van der Waals surface area contributed by atoms with E-state index in [0.29, 0.717) is 15.7 Å². The number of aromatic nitrogens is 2. The maximum Gasteiger partial charge on any atom is 0.408 e. The van der Waals surface area contributed by atoms with Crippen LogP contribution >= 0.6 is 22.7 Å². The molecule has 0 radical (unpaired) electrons. The highest BCUT2D eigenvalue weighted by atomic mass is 32.1. The molecule has 2 aromatic rings. The third-order valence-electron chi connectivity index (χ3n) is 3.16. The zero-order valence-electron chi connectivity index (χ0n) is 15.9. The largest absolute Gasteiger partial charge is 0.449 e. The fraction of sp³-hybridized carbons (Fsp3) is 0.412. The van der Waals surface area contributed by atoms with E-state index in [-0.39, 0.29) is 12.1 Å². The summed E-state index contributed by atoms with van der Waals surface area (Å²) >= 11 is 2.46. The summed E-state index contributed by atoms with van der Waals surface area (Å²) in [7, 11) is 0. The van der Waals surface area contributed by atoms with E-state index >= 15 is 0 Å². The van der Waals surface area contributed by atoms with Gasteiger partial charge < -0.3 is 20.5 Å². The fourth-order valence-electron chi connectivity index (χ4n) is 2.03. The normalized spacial score (nSPS) is 11.9. The van der Waals surface area contributed by atoms with Gasteiger partial charge in [0.25, 0.3) is 5.91 Å². The van der Waals surface area contributed by atoms with Crippen molar-refractivity contribution in [3.8, 4) is 16.8 Å². The lowest BCUT2D eigenvalue weighted by atomic mass is 10.2. The molecule has 10 nitrogen and oxygen atoms in total. The minimum Gasteiger partial charge on any atom is -0.449 e. The van der Waals surface area contributed by atoms with Crippen molar-refractivity contribution in [1.29, 1.82) is 5.26 Å². The topological polar surface area (TPSA) is 157 Å². The number of alkyl carbamates (subject to hydrolysis) is 1. The Hall–Kier alpha value is -3.04. The minimum atomic E-state index is -1.09. The summed E-state index contributed by atoms with van der Waals surface area (Å²) in [4.78, 5) is 44.0. The Kier molecular flexibility index (Phi) is 7.24. The number of nitriles is 1. The number of hydrogen-bond acceptors (Lipinski definition) is 10. The lowest BCUT2D eigenvalue weighted by Crippen LogP contribution is -2.45. The van der Waals surface area contributed by atoms with Crippen LogP contribution in [0.5, 0.6) is 0 Å². The summed E-state index contributed by atoms with van der Waals surface area (Å²) in [5, 5.41) is 15.3. The van der Waals surface area contributed by atoms with Crippen molar-refractivity contribution in [3.63, 3.8) is 0 Å². The van der Waals surface area contributed by atoms with Gasteiger partial charge in [-0.2, -0.15) is 5.26 Å². The predicted molar refractivity (Wildman–Crippen MR) is 105 cm³/mol. The SMILES string of the molecule is CC(C)(C)OC(=O)NC(Cc1nc(-c2nc(C(N)=O)cs2)cs1)C(=O)OCC#N. The molecule has 0 saturated carbocycles. The maximum atomic E-state index is 12.2. The number of thiazole rings is 2. The molecule has 0 aliphatic rings. The molecule has 1 unspecified atom stereocenters. The van der Waals surface area contributed by atoms with Crippen molar-refractivity contribution in [2.45, 2.75) is 38.8 Å². The van der Waals surface area contributed by atoms with Gasteiger partial charge in [0.15, 0.2) is 6.61 Å². The zero-order chi connectivity index (χ0) is 21.6. The van der Waals surface area contributed by atoms with Crippen LogP contribution in [0.3, 0.4) is 0 Å². The van der Waals surface area contributed by atoms with Crippen LogP contribution in [-0.2, 0) is 20.7 Å². The molecule has 0 aliphatic carbocycles. The average Bonchev–Trinajstić information content (AvgIpc) is 3.26. The van der Waals surface area contributed by atoms with E-state index in [9.17, 15) is 14.4 Å². The van der Waals surface area contributed by atoms with E-state index in [1.54, 1.807) is 32.2 Å². The predicted octanol–water partition coefficient (Wildman–Crippen LogP) is 1.87. The number of carbonyl (C=O) groups excluding carboxylic acids is 3. The molecule has 29 heavy (non-hydrogen) atoms. The van der Waals surface area contributed by atoms with Crippen LogP contribution in [0.2, 0.25) is 0 Å². The first kappa shape index (κ1) is 22.3. The number of carbonyl (C=O) groups is 3. The van der Waals surface area contributed by atoms with Gasteiger partial charge in [0.05, 0.1) is 5.01 Å². The van der Waals surface area contributed by atoms with Gasteiger partial charge in [-0.05, 0) is 20.8 Å². The highest BCUT2D eigenvalue weighted by Gasteiger charge is 2.27. The Morgan fingerprint density at radius 1 is 1.28 bits per heavy atom.